The summed E-state index contributed by atoms with van der Waals surface area (Å²) in [4.78, 5) is 10.7. The van der Waals surface area contributed by atoms with Crippen LogP contribution in [0.5, 0.6) is 5.75 Å². The van der Waals surface area contributed by atoms with Crippen LogP contribution in [-0.4, -0.2) is 19.1 Å². The zero-order chi connectivity index (χ0) is 12.9. The molecular formula is C10H12F2N2O3. The topological polar surface area (TPSA) is 73.6 Å². The maximum Gasteiger partial charge on any atom is 0.483 e. The van der Waals surface area contributed by atoms with Gasteiger partial charge in [-0.2, -0.15) is 8.78 Å². The van der Waals surface area contributed by atoms with E-state index in [4.69, 9.17) is 4.74 Å². The van der Waals surface area contributed by atoms with Gasteiger partial charge in [-0.05, 0) is 17.7 Å². The van der Waals surface area contributed by atoms with Gasteiger partial charge in [0.05, 0.1) is 6.61 Å². The Balaban J connectivity index is 2.80. The number of methoxy groups -OCH3 is 1. The van der Waals surface area contributed by atoms with Crippen LogP contribution < -0.4 is 16.0 Å². The molecule has 0 heterocycles. The van der Waals surface area contributed by atoms with Crippen LogP contribution in [0.1, 0.15) is 5.56 Å². The Bertz CT molecular complexity index is 399. The highest BCUT2D eigenvalue weighted by molar-refractivity contribution is 5.81. The summed E-state index contributed by atoms with van der Waals surface area (Å²) in [6, 6.07) is 5.84. The minimum Gasteiger partial charge on any atom is -0.425 e. The lowest BCUT2D eigenvalue weighted by Gasteiger charge is -2.16. The summed E-state index contributed by atoms with van der Waals surface area (Å²) in [6.07, 6.45) is -4.01. The van der Waals surface area contributed by atoms with Gasteiger partial charge in [0.15, 0.2) is 0 Å². The van der Waals surface area contributed by atoms with Crippen LogP contribution in [-0.2, 0) is 16.1 Å². The van der Waals surface area contributed by atoms with E-state index < -0.39 is 12.0 Å². The SMILES string of the molecule is COCc1cccc(OC(F)(F)C(=O)NN)c1. The zero-order valence-electron chi connectivity index (χ0n) is 9.07. The molecule has 0 aliphatic carbocycles. The third-order valence-corrected chi connectivity index (χ3v) is 1.85. The van der Waals surface area contributed by atoms with Crippen LogP contribution in [0.2, 0.25) is 0 Å². The normalized spacial score (nSPS) is 11.1. The number of benzene rings is 1. The van der Waals surface area contributed by atoms with Crippen molar-refractivity contribution in [2.75, 3.05) is 7.11 Å². The lowest BCUT2D eigenvalue weighted by Crippen LogP contribution is -2.47. The Morgan fingerprint density at radius 3 is 2.82 bits per heavy atom. The molecule has 1 aromatic rings. The third kappa shape index (κ3) is 3.65. The van der Waals surface area contributed by atoms with E-state index in [0.717, 1.165) is 0 Å². The highest BCUT2D eigenvalue weighted by Gasteiger charge is 2.41. The molecule has 5 nitrogen and oxygen atoms in total. The summed E-state index contributed by atoms with van der Waals surface area (Å²) in [5, 5.41) is 0. The first-order valence-electron chi connectivity index (χ1n) is 4.65. The molecule has 1 amide bonds. The Labute approximate surface area is 96.5 Å². The quantitative estimate of drug-likeness (QED) is 0.457. The number of carbonyl (C=O) groups excluding carboxylic acids is 1. The standard InChI is InChI=1S/C10H12F2N2O3/c1-16-6-7-3-2-4-8(5-7)17-10(11,12)9(15)14-13/h2-5H,6,13H2,1H3,(H,14,15). The number of alkyl halides is 2. The molecule has 1 aromatic carbocycles. The summed E-state index contributed by atoms with van der Waals surface area (Å²) in [7, 11) is 1.48. The van der Waals surface area contributed by atoms with Crippen molar-refractivity contribution in [3.8, 4) is 5.75 Å². The molecule has 0 bridgehead atoms. The summed E-state index contributed by atoms with van der Waals surface area (Å²) in [6.45, 7) is 0.256. The predicted molar refractivity (Wildman–Crippen MR) is 55.1 cm³/mol. The number of rotatable bonds is 5. The van der Waals surface area contributed by atoms with E-state index in [-0.39, 0.29) is 12.4 Å². The number of nitrogens with one attached hydrogen (secondary N) is 1. The smallest absolute Gasteiger partial charge is 0.425 e. The minimum absolute atomic E-state index is 0.145. The average molecular weight is 246 g/mol. The number of hydrogen-bond donors (Lipinski definition) is 2. The maximum atomic E-state index is 13.1. The summed E-state index contributed by atoms with van der Waals surface area (Å²) in [5.41, 5.74) is 1.97. The molecule has 0 saturated carbocycles. The van der Waals surface area contributed by atoms with E-state index in [1.165, 1.54) is 30.7 Å². The Morgan fingerprint density at radius 2 is 2.24 bits per heavy atom. The number of ether oxygens (including phenoxy) is 2. The predicted octanol–water partition coefficient (Wildman–Crippen LogP) is 0.794. The molecule has 94 valence electrons. The number of hydrazine groups is 1. The molecule has 0 aromatic heterocycles. The van der Waals surface area contributed by atoms with Gasteiger partial charge >= 0.3 is 12.0 Å². The first kappa shape index (κ1) is 13.3. The Morgan fingerprint density at radius 1 is 1.53 bits per heavy atom. The van der Waals surface area contributed by atoms with Gasteiger partial charge < -0.3 is 9.47 Å². The van der Waals surface area contributed by atoms with Crippen LogP contribution >= 0.6 is 0 Å². The van der Waals surface area contributed by atoms with Crippen molar-refractivity contribution in [1.82, 2.24) is 5.43 Å². The van der Waals surface area contributed by atoms with Crippen molar-refractivity contribution < 1.29 is 23.0 Å². The average Bonchev–Trinajstić information content (AvgIpc) is 2.28. The van der Waals surface area contributed by atoms with Gasteiger partial charge in [-0.15, -0.1) is 0 Å². The summed E-state index contributed by atoms with van der Waals surface area (Å²) in [5.74, 6) is 2.75. The van der Waals surface area contributed by atoms with E-state index in [9.17, 15) is 13.6 Å². The van der Waals surface area contributed by atoms with Crippen LogP contribution in [0.25, 0.3) is 0 Å². The highest BCUT2D eigenvalue weighted by Crippen LogP contribution is 2.22. The molecule has 0 radical (unpaired) electrons. The fraction of sp³-hybridized carbons (Fsp3) is 0.300. The van der Waals surface area contributed by atoms with Crippen molar-refractivity contribution in [2.24, 2.45) is 5.84 Å². The van der Waals surface area contributed by atoms with Crippen LogP contribution in [0.3, 0.4) is 0 Å². The molecule has 0 aliphatic heterocycles. The van der Waals surface area contributed by atoms with Gasteiger partial charge in [0, 0.05) is 7.11 Å². The maximum absolute atomic E-state index is 13.1. The first-order valence-corrected chi connectivity index (χ1v) is 4.65. The van der Waals surface area contributed by atoms with Gasteiger partial charge in [0.1, 0.15) is 5.75 Å². The molecule has 0 aliphatic rings. The Kier molecular flexibility index (Phi) is 4.36. The van der Waals surface area contributed by atoms with Gasteiger partial charge in [0.25, 0.3) is 0 Å². The van der Waals surface area contributed by atoms with Gasteiger partial charge in [0.2, 0.25) is 0 Å². The van der Waals surface area contributed by atoms with Crippen molar-refractivity contribution in [2.45, 2.75) is 12.7 Å². The summed E-state index contributed by atoms with van der Waals surface area (Å²) < 4.78 is 35.3. The van der Waals surface area contributed by atoms with E-state index >= 15 is 0 Å². The number of nitrogens with two attached hydrogens (primary N) is 1. The van der Waals surface area contributed by atoms with Crippen LogP contribution in [0.4, 0.5) is 8.78 Å². The second-order valence-electron chi connectivity index (χ2n) is 3.17. The van der Waals surface area contributed by atoms with Gasteiger partial charge in [-0.3, -0.25) is 10.2 Å². The molecule has 0 unspecified atom stereocenters. The fourth-order valence-corrected chi connectivity index (χ4v) is 1.14. The van der Waals surface area contributed by atoms with Gasteiger partial charge in [-0.1, -0.05) is 12.1 Å². The molecule has 17 heavy (non-hydrogen) atoms. The number of amides is 1. The van der Waals surface area contributed by atoms with Crippen LogP contribution in [0, 0.1) is 0 Å². The van der Waals surface area contributed by atoms with Crippen molar-refractivity contribution in [1.29, 1.82) is 0 Å². The number of carbonyl (C=O) groups is 1. The van der Waals surface area contributed by atoms with E-state index in [1.54, 1.807) is 6.07 Å². The van der Waals surface area contributed by atoms with Crippen LogP contribution in [0.15, 0.2) is 24.3 Å². The van der Waals surface area contributed by atoms with E-state index in [0.29, 0.717) is 5.56 Å². The molecule has 0 spiro atoms. The Hall–Kier alpha value is -1.73. The van der Waals surface area contributed by atoms with Crippen molar-refractivity contribution in [3.63, 3.8) is 0 Å². The minimum atomic E-state index is -4.01. The molecule has 0 fully saturated rings. The highest BCUT2D eigenvalue weighted by atomic mass is 19.3. The monoisotopic (exact) mass is 246 g/mol. The lowest BCUT2D eigenvalue weighted by molar-refractivity contribution is -0.192. The van der Waals surface area contributed by atoms with E-state index in [1.807, 2.05) is 0 Å². The molecule has 0 saturated heterocycles. The zero-order valence-corrected chi connectivity index (χ0v) is 9.07. The summed E-state index contributed by atoms with van der Waals surface area (Å²) >= 11 is 0. The number of halogens is 2. The first-order chi connectivity index (χ1) is 7.99. The second-order valence-corrected chi connectivity index (χ2v) is 3.17. The van der Waals surface area contributed by atoms with Crippen molar-refractivity contribution >= 4 is 5.91 Å². The molecule has 7 heteroatoms. The molecular weight excluding hydrogens is 234 g/mol. The third-order valence-electron chi connectivity index (χ3n) is 1.85. The molecule has 1 rings (SSSR count). The van der Waals surface area contributed by atoms with E-state index in [2.05, 4.69) is 10.6 Å². The second kappa shape index (κ2) is 5.55. The molecule has 0 atom stereocenters. The molecule has 3 N–H and O–H groups in total. The van der Waals surface area contributed by atoms with Gasteiger partial charge in [-0.25, -0.2) is 5.84 Å². The van der Waals surface area contributed by atoms with Crippen molar-refractivity contribution in [3.05, 3.63) is 29.8 Å². The number of hydrogen-bond acceptors (Lipinski definition) is 4. The fourth-order valence-electron chi connectivity index (χ4n) is 1.14. The largest absolute Gasteiger partial charge is 0.483 e. The lowest BCUT2D eigenvalue weighted by atomic mass is 10.2.